The predicted molar refractivity (Wildman–Crippen MR) is 117 cm³/mol. The molecule has 2 aliphatic rings. The van der Waals surface area contributed by atoms with E-state index in [2.05, 4.69) is 5.32 Å². The van der Waals surface area contributed by atoms with Gasteiger partial charge in [-0.05, 0) is 36.3 Å². The first-order valence-electron chi connectivity index (χ1n) is 8.87. The first-order valence-corrected chi connectivity index (χ1v) is 11.8. The first-order chi connectivity index (χ1) is 13.8. The van der Waals surface area contributed by atoms with Gasteiger partial charge in [0, 0.05) is 18.4 Å². The number of methoxy groups -OCH3 is 1. The molecule has 29 heavy (non-hydrogen) atoms. The zero-order valence-electron chi connectivity index (χ0n) is 15.7. The number of ether oxygens (including phenoxy) is 1. The Morgan fingerprint density at radius 1 is 1.38 bits per heavy atom. The van der Waals surface area contributed by atoms with Gasteiger partial charge in [-0.25, -0.2) is 8.42 Å². The summed E-state index contributed by atoms with van der Waals surface area (Å²) in [5.41, 5.74) is 0.866. The molecule has 0 saturated carbocycles. The first kappa shape index (κ1) is 21.5. The Morgan fingerprint density at radius 2 is 2.10 bits per heavy atom. The highest BCUT2D eigenvalue weighted by molar-refractivity contribution is 8.26. The summed E-state index contributed by atoms with van der Waals surface area (Å²) in [7, 11) is -1.62. The van der Waals surface area contributed by atoms with E-state index >= 15 is 0 Å². The minimum atomic E-state index is -3.21. The maximum atomic E-state index is 12.6. The third kappa shape index (κ3) is 5.68. The number of nitrogens with zero attached hydrogens (tertiary/aromatic N) is 1. The number of thiocarbonyl (C=S) groups is 1. The van der Waals surface area contributed by atoms with Gasteiger partial charge in [0.15, 0.2) is 9.84 Å². The maximum absolute atomic E-state index is 12.6. The number of sulfone groups is 1. The van der Waals surface area contributed by atoms with Crippen LogP contribution < -0.4 is 10.1 Å². The van der Waals surface area contributed by atoms with Gasteiger partial charge in [-0.2, -0.15) is 0 Å². The summed E-state index contributed by atoms with van der Waals surface area (Å²) in [5.74, 6) is 0.194. The van der Waals surface area contributed by atoms with Crippen LogP contribution in [0.2, 0.25) is 0 Å². The lowest BCUT2D eigenvalue weighted by molar-refractivity contribution is -0.124. The van der Waals surface area contributed by atoms with Crippen LogP contribution >= 0.6 is 24.0 Å². The van der Waals surface area contributed by atoms with E-state index in [0.29, 0.717) is 22.2 Å². The Kier molecular flexibility index (Phi) is 6.76. The molecule has 0 radical (unpaired) electrons. The fourth-order valence-electron chi connectivity index (χ4n) is 2.89. The lowest BCUT2D eigenvalue weighted by Crippen LogP contribution is -2.36. The zero-order valence-corrected chi connectivity index (χ0v) is 18.1. The van der Waals surface area contributed by atoms with Crippen LogP contribution in [0.25, 0.3) is 6.08 Å². The Hall–Kier alpha value is -2.17. The Morgan fingerprint density at radius 3 is 2.72 bits per heavy atom. The monoisotopic (exact) mass is 452 g/mol. The van der Waals surface area contributed by atoms with Crippen LogP contribution in [0, 0.1) is 0 Å². The van der Waals surface area contributed by atoms with E-state index in [-0.39, 0.29) is 24.0 Å². The summed E-state index contributed by atoms with van der Waals surface area (Å²) < 4.78 is 28.3. The van der Waals surface area contributed by atoms with Gasteiger partial charge in [-0.1, -0.05) is 36.1 Å². The van der Waals surface area contributed by atoms with Gasteiger partial charge >= 0.3 is 0 Å². The molecule has 10 heteroatoms. The lowest BCUT2D eigenvalue weighted by atomic mass is 10.2. The summed E-state index contributed by atoms with van der Waals surface area (Å²) in [4.78, 5) is 26.6. The molecular weight excluding hydrogens is 432 g/mol. The van der Waals surface area contributed by atoms with Crippen LogP contribution in [0.15, 0.2) is 40.7 Å². The van der Waals surface area contributed by atoms with Crippen LogP contribution in [0.4, 0.5) is 0 Å². The Labute approximate surface area is 179 Å². The molecule has 1 aromatic carbocycles. The smallest absolute Gasteiger partial charge is 0.266 e. The highest BCUT2D eigenvalue weighted by atomic mass is 32.2. The van der Waals surface area contributed by atoms with E-state index in [1.165, 1.54) is 22.7 Å². The van der Waals surface area contributed by atoms with Crippen LogP contribution in [-0.2, 0) is 19.4 Å². The number of benzene rings is 1. The van der Waals surface area contributed by atoms with E-state index < -0.39 is 15.9 Å². The van der Waals surface area contributed by atoms with Crippen molar-refractivity contribution in [2.45, 2.75) is 18.9 Å². The molecule has 1 aromatic rings. The van der Waals surface area contributed by atoms with Crippen LogP contribution in [0.5, 0.6) is 5.75 Å². The molecule has 1 N–H and O–H groups in total. The molecule has 0 unspecified atom stereocenters. The van der Waals surface area contributed by atoms with Gasteiger partial charge in [0.2, 0.25) is 5.91 Å². The molecule has 2 heterocycles. The van der Waals surface area contributed by atoms with Crippen molar-refractivity contribution in [2.75, 3.05) is 19.4 Å². The van der Waals surface area contributed by atoms with Gasteiger partial charge in [0.25, 0.3) is 5.91 Å². The molecule has 1 fully saturated rings. The topological polar surface area (TPSA) is 92.8 Å². The van der Waals surface area contributed by atoms with E-state index in [1.54, 1.807) is 13.2 Å². The molecule has 0 aromatic heterocycles. The van der Waals surface area contributed by atoms with Gasteiger partial charge in [-0.15, -0.1) is 0 Å². The summed E-state index contributed by atoms with van der Waals surface area (Å²) in [6.07, 6.45) is 3.85. The number of thioether (sulfide) groups is 1. The second kappa shape index (κ2) is 9.10. The largest absolute Gasteiger partial charge is 0.497 e. The van der Waals surface area contributed by atoms with Gasteiger partial charge in [-0.3, -0.25) is 14.5 Å². The molecule has 0 spiro atoms. The number of nitrogens with one attached hydrogen (secondary N) is 1. The van der Waals surface area contributed by atoms with Crippen molar-refractivity contribution in [1.29, 1.82) is 0 Å². The van der Waals surface area contributed by atoms with Crippen molar-refractivity contribution in [2.24, 2.45) is 0 Å². The molecule has 1 atom stereocenters. The molecule has 0 aliphatic carbocycles. The highest BCUT2D eigenvalue weighted by Crippen LogP contribution is 2.32. The standard InChI is InChI=1S/C19H20N2O5S3/c1-26-15-6-4-13(5-7-15)11-16-18(23)21(19(27)28-16)9-2-3-17(22)20-14-8-10-29(24,25)12-14/h4-8,10-11,14H,2-3,9,12H2,1H3,(H,20,22)/b16-11-/t14-/m0/s1. The SMILES string of the molecule is COc1ccc(/C=C2\SC(=S)N(CCCC(=O)N[C@H]3C=CS(=O)(=O)C3)C2=O)cc1. The number of amides is 2. The number of carbonyl (C=O) groups is 2. The van der Waals surface area contributed by atoms with E-state index in [1.807, 2.05) is 24.3 Å². The van der Waals surface area contributed by atoms with Crippen LogP contribution in [0.3, 0.4) is 0 Å². The van der Waals surface area contributed by atoms with E-state index in [4.69, 9.17) is 17.0 Å². The average molecular weight is 453 g/mol. The highest BCUT2D eigenvalue weighted by Gasteiger charge is 2.31. The summed E-state index contributed by atoms with van der Waals surface area (Å²) in [5, 5.41) is 3.78. The molecule has 1 saturated heterocycles. The molecule has 2 amide bonds. The minimum absolute atomic E-state index is 0.108. The maximum Gasteiger partial charge on any atom is 0.266 e. The second-order valence-electron chi connectivity index (χ2n) is 6.54. The van der Waals surface area contributed by atoms with Crippen LogP contribution in [0.1, 0.15) is 18.4 Å². The van der Waals surface area contributed by atoms with Crippen LogP contribution in [-0.4, -0.2) is 54.9 Å². The van der Waals surface area contributed by atoms with Gasteiger partial charge < -0.3 is 10.1 Å². The fraction of sp³-hybridized carbons (Fsp3) is 0.316. The number of hydrogen-bond acceptors (Lipinski definition) is 7. The normalized spacial score (nSPS) is 21.8. The molecule has 0 bridgehead atoms. The van der Waals surface area contributed by atoms with Crippen molar-refractivity contribution in [3.05, 3.63) is 46.2 Å². The molecule has 154 valence electrons. The Bertz CT molecular complexity index is 984. The predicted octanol–water partition coefficient (Wildman–Crippen LogP) is 2.10. The minimum Gasteiger partial charge on any atom is -0.497 e. The summed E-state index contributed by atoms with van der Waals surface area (Å²) in [6.45, 7) is 0.330. The second-order valence-corrected chi connectivity index (χ2v) is 10.1. The van der Waals surface area contributed by atoms with Crippen molar-refractivity contribution in [3.8, 4) is 5.75 Å². The fourth-order valence-corrected chi connectivity index (χ4v) is 5.43. The number of carbonyl (C=O) groups excluding carboxylic acids is 2. The molecule has 2 aliphatic heterocycles. The quantitative estimate of drug-likeness (QED) is 0.500. The summed E-state index contributed by atoms with van der Waals surface area (Å²) in [6, 6.07) is 6.85. The third-order valence-corrected chi connectivity index (χ3v) is 7.12. The van der Waals surface area contributed by atoms with Crippen molar-refractivity contribution in [3.63, 3.8) is 0 Å². The number of hydrogen-bond donors (Lipinski definition) is 1. The van der Waals surface area contributed by atoms with Crippen molar-refractivity contribution < 1.29 is 22.7 Å². The molecular formula is C19H20N2O5S3. The Balaban J connectivity index is 1.50. The zero-order chi connectivity index (χ0) is 21.0. The van der Waals surface area contributed by atoms with Crippen molar-refractivity contribution in [1.82, 2.24) is 10.2 Å². The molecule has 7 nitrogen and oxygen atoms in total. The van der Waals surface area contributed by atoms with Crippen molar-refractivity contribution >= 4 is 56.0 Å². The van der Waals surface area contributed by atoms with E-state index in [0.717, 1.165) is 16.7 Å². The number of rotatable bonds is 7. The summed E-state index contributed by atoms with van der Waals surface area (Å²) >= 11 is 6.53. The van der Waals surface area contributed by atoms with Gasteiger partial charge in [0.05, 0.1) is 23.8 Å². The lowest BCUT2D eigenvalue weighted by Gasteiger charge is -2.15. The van der Waals surface area contributed by atoms with Gasteiger partial charge in [0.1, 0.15) is 10.1 Å². The van der Waals surface area contributed by atoms with E-state index in [9.17, 15) is 18.0 Å². The molecule has 3 rings (SSSR count). The average Bonchev–Trinajstić information content (AvgIpc) is 3.15. The third-order valence-electron chi connectivity index (χ3n) is 4.35.